The third-order valence-corrected chi connectivity index (χ3v) is 10.7. The number of carbonyl (C=O) groups is 2. The first kappa shape index (κ1) is 65.0. The van der Waals surface area contributed by atoms with Gasteiger partial charge in [0.2, 0.25) is 0 Å². The summed E-state index contributed by atoms with van der Waals surface area (Å²) in [6.45, 7) is 3.85. The second-order valence-corrected chi connectivity index (χ2v) is 17.2. The first-order chi connectivity index (χ1) is 34.6. The minimum absolute atomic E-state index is 0.100. The number of aliphatic hydroxyl groups is 1. The number of carbonyl (C=O) groups excluding carboxylic acids is 2. The van der Waals surface area contributed by atoms with Gasteiger partial charge in [-0.2, -0.15) is 0 Å². The van der Waals surface area contributed by atoms with E-state index in [2.05, 4.69) is 196 Å². The van der Waals surface area contributed by atoms with Gasteiger partial charge in [-0.05, 0) is 135 Å². The topological polar surface area (TPSA) is 72.8 Å². The normalized spacial score (nSPS) is 13.7. The second kappa shape index (κ2) is 58.3. The van der Waals surface area contributed by atoms with Gasteiger partial charge in [0.15, 0.2) is 6.10 Å². The summed E-state index contributed by atoms with van der Waals surface area (Å²) < 4.78 is 10.6. The van der Waals surface area contributed by atoms with Gasteiger partial charge in [-0.1, -0.05) is 228 Å². The van der Waals surface area contributed by atoms with Crippen molar-refractivity contribution in [3.05, 3.63) is 182 Å². The molecule has 0 saturated heterocycles. The lowest BCUT2D eigenvalue weighted by Crippen LogP contribution is -2.28. The molecule has 1 unspecified atom stereocenters. The molecule has 0 radical (unpaired) electrons. The van der Waals surface area contributed by atoms with E-state index in [4.69, 9.17) is 9.47 Å². The van der Waals surface area contributed by atoms with Crippen molar-refractivity contribution in [1.29, 1.82) is 0 Å². The molecule has 0 heterocycles. The summed E-state index contributed by atoms with van der Waals surface area (Å²) >= 11 is 0. The van der Waals surface area contributed by atoms with Crippen molar-refractivity contribution >= 4 is 11.9 Å². The monoisotopic (exact) mass is 959 g/mol. The number of unbranched alkanes of at least 4 members (excludes halogenated alkanes) is 9. The highest BCUT2D eigenvalue weighted by molar-refractivity contribution is 5.70. The van der Waals surface area contributed by atoms with Crippen LogP contribution in [0.15, 0.2) is 182 Å². The molecule has 0 aliphatic carbocycles. The largest absolute Gasteiger partial charge is 0.462 e. The van der Waals surface area contributed by atoms with E-state index in [0.29, 0.717) is 12.8 Å². The van der Waals surface area contributed by atoms with Crippen molar-refractivity contribution in [2.45, 2.75) is 200 Å². The fraction of sp³-hybridized carbons (Fsp3) is 0.508. The lowest BCUT2D eigenvalue weighted by Gasteiger charge is -2.15. The Labute approximate surface area is 429 Å². The number of rotatable bonds is 47. The highest BCUT2D eigenvalue weighted by atomic mass is 16.6. The molecule has 0 aromatic rings. The Morgan fingerprint density at radius 3 is 0.871 bits per heavy atom. The Hall–Kier alpha value is -5.00. The Balaban J connectivity index is 3.72. The zero-order valence-corrected chi connectivity index (χ0v) is 44.2. The average Bonchev–Trinajstić information content (AvgIpc) is 3.36. The van der Waals surface area contributed by atoms with Crippen molar-refractivity contribution in [2.24, 2.45) is 0 Å². The lowest BCUT2D eigenvalue weighted by atomic mass is 10.1. The van der Waals surface area contributed by atoms with Gasteiger partial charge in [0.25, 0.3) is 0 Å². The van der Waals surface area contributed by atoms with Crippen molar-refractivity contribution in [2.75, 3.05) is 13.2 Å². The van der Waals surface area contributed by atoms with Gasteiger partial charge >= 0.3 is 11.9 Å². The van der Waals surface area contributed by atoms with Crippen LogP contribution in [0.25, 0.3) is 0 Å². The molecule has 1 atom stereocenters. The average molecular weight is 959 g/mol. The molecule has 70 heavy (non-hydrogen) atoms. The molecular weight excluding hydrogens is 861 g/mol. The predicted octanol–water partition coefficient (Wildman–Crippen LogP) is 18.7. The van der Waals surface area contributed by atoms with E-state index < -0.39 is 6.10 Å². The number of ether oxygens (including phenoxy) is 2. The van der Waals surface area contributed by atoms with Gasteiger partial charge in [-0.3, -0.25) is 9.59 Å². The number of esters is 2. The van der Waals surface area contributed by atoms with Crippen LogP contribution in [0.2, 0.25) is 0 Å². The summed E-state index contributed by atoms with van der Waals surface area (Å²) in [5.41, 5.74) is 0. The maximum atomic E-state index is 12.3. The highest BCUT2D eigenvalue weighted by Crippen LogP contribution is 2.11. The molecule has 0 rings (SSSR count). The molecule has 0 bridgehead atoms. The Morgan fingerprint density at radius 2 is 0.571 bits per heavy atom. The van der Waals surface area contributed by atoms with Crippen LogP contribution in [0, 0.1) is 0 Å². The maximum absolute atomic E-state index is 12.3. The third kappa shape index (κ3) is 55.6. The smallest absolute Gasteiger partial charge is 0.306 e. The van der Waals surface area contributed by atoms with Gasteiger partial charge in [-0.25, -0.2) is 0 Å². The molecule has 0 aromatic heterocycles. The molecule has 0 aliphatic heterocycles. The van der Waals surface area contributed by atoms with Crippen molar-refractivity contribution in [3.63, 3.8) is 0 Å². The summed E-state index contributed by atoms with van der Waals surface area (Å²) in [5, 5.41) is 9.63. The van der Waals surface area contributed by atoms with Gasteiger partial charge < -0.3 is 14.6 Å². The van der Waals surface area contributed by atoms with Crippen LogP contribution in [-0.2, 0) is 19.1 Å². The summed E-state index contributed by atoms with van der Waals surface area (Å²) in [7, 11) is 0. The Bertz CT molecular complexity index is 1650. The second-order valence-electron chi connectivity index (χ2n) is 17.2. The zero-order valence-electron chi connectivity index (χ0n) is 44.2. The zero-order chi connectivity index (χ0) is 50.6. The molecule has 0 aliphatic rings. The van der Waals surface area contributed by atoms with Crippen LogP contribution < -0.4 is 0 Å². The molecule has 388 valence electrons. The molecule has 0 spiro atoms. The number of aliphatic hydroxyl groups excluding tert-OH is 1. The number of hydrogen-bond donors (Lipinski definition) is 1. The summed E-state index contributed by atoms with van der Waals surface area (Å²) in [5.74, 6) is -0.662. The Morgan fingerprint density at radius 1 is 0.329 bits per heavy atom. The molecule has 0 saturated carbocycles. The van der Waals surface area contributed by atoms with E-state index in [1.54, 1.807) is 0 Å². The standard InChI is InChI=1S/C65H98O5/c1-3-5-7-9-11-13-15-17-19-21-23-24-25-26-27-28-29-30-31-32-33-34-35-36-37-38-39-40-42-44-46-48-50-52-54-56-58-60-65(68)70-63(61-66)62-69-64(67)59-57-55-53-51-49-47-45-43-41-22-20-18-16-14-12-10-8-6-4-2/h5-8,11-14,17-20,23-24,26-27,29-30,32-33,35-36,38-39,41-44,48,50,63,66H,3-4,9-10,15-16,21-22,25,28,31,34,37,40,45-47,49,51-62H2,1-2H3/b7-5-,8-6-,13-11-,14-12-,19-17-,20-18-,24-23-,27-26-,30-29-,33-32-,36-35-,39-38-,43-41-,44-42-,50-48-. The summed E-state index contributed by atoms with van der Waals surface area (Å²) in [4.78, 5) is 24.5. The fourth-order valence-electron chi connectivity index (χ4n) is 6.67. The SMILES string of the molecule is CC/C=C\C/C=C\C/C=C\C/C=C\C/C=C\C/C=C\C/C=C\C/C=C\C/C=C\C/C=C\C/C=C\CCCCCC(=O)OC(CO)COC(=O)CCCCCCCC/C=C\C/C=C\C/C=C\C/C=C\CC. The Kier molecular flexibility index (Phi) is 54.1. The number of allylic oxidation sites excluding steroid dienone is 30. The van der Waals surface area contributed by atoms with Crippen molar-refractivity contribution < 1.29 is 24.2 Å². The van der Waals surface area contributed by atoms with Crippen LogP contribution in [0.3, 0.4) is 0 Å². The highest BCUT2D eigenvalue weighted by Gasteiger charge is 2.16. The van der Waals surface area contributed by atoms with Crippen molar-refractivity contribution in [3.8, 4) is 0 Å². The first-order valence-electron chi connectivity index (χ1n) is 27.3. The van der Waals surface area contributed by atoms with E-state index in [9.17, 15) is 14.7 Å². The van der Waals surface area contributed by atoms with Crippen molar-refractivity contribution in [1.82, 2.24) is 0 Å². The van der Waals surface area contributed by atoms with Gasteiger partial charge in [-0.15, -0.1) is 0 Å². The predicted molar refractivity (Wildman–Crippen MR) is 306 cm³/mol. The van der Waals surface area contributed by atoms with Crippen LogP contribution in [0.1, 0.15) is 194 Å². The van der Waals surface area contributed by atoms with E-state index in [1.165, 1.54) is 19.3 Å². The van der Waals surface area contributed by atoms with Gasteiger partial charge in [0, 0.05) is 12.8 Å². The van der Waals surface area contributed by atoms with E-state index >= 15 is 0 Å². The molecule has 0 aromatic carbocycles. The molecule has 0 amide bonds. The van der Waals surface area contributed by atoms with Gasteiger partial charge in [0.05, 0.1) is 6.61 Å². The molecule has 5 nitrogen and oxygen atoms in total. The third-order valence-electron chi connectivity index (χ3n) is 10.7. The fourth-order valence-corrected chi connectivity index (χ4v) is 6.67. The number of hydrogen-bond acceptors (Lipinski definition) is 5. The molecule has 0 fully saturated rings. The minimum atomic E-state index is -0.811. The van der Waals surface area contributed by atoms with E-state index in [-0.39, 0.29) is 25.2 Å². The van der Waals surface area contributed by atoms with E-state index in [0.717, 1.165) is 148 Å². The minimum Gasteiger partial charge on any atom is -0.462 e. The van der Waals surface area contributed by atoms with Crippen LogP contribution in [-0.4, -0.2) is 36.4 Å². The summed E-state index contributed by atoms with van der Waals surface area (Å²) in [6.07, 6.45) is 92.7. The van der Waals surface area contributed by atoms with E-state index in [1.807, 2.05) is 0 Å². The molecular formula is C65H98O5. The molecule has 5 heteroatoms. The van der Waals surface area contributed by atoms with Crippen LogP contribution >= 0.6 is 0 Å². The quantitative estimate of drug-likeness (QED) is 0.0374. The van der Waals surface area contributed by atoms with Gasteiger partial charge in [0.1, 0.15) is 6.61 Å². The first-order valence-corrected chi connectivity index (χ1v) is 27.3. The lowest BCUT2D eigenvalue weighted by molar-refractivity contribution is -0.161. The summed E-state index contributed by atoms with van der Waals surface area (Å²) in [6, 6.07) is 0. The maximum Gasteiger partial charge on any atom is 0.306 e. The molecule has 1 N–H and O–H groups in total. The van der Waals surface area contributed by atoms with Crippen LogP contribution in [0.4, 0.5) is 0 Å². The van der Waals surface area contributed by atoms with Crippen LogP contribution in [0.5, 0.6) is 0 Å².